The molecule has 2 aromatic heterocycles. The molecular formula is C22H17N3O4S. The number of fused-ring (bicyclic) bond motifs is 1. The molecule has 0 fully saturated rings. The number of rotatable bonds is 5. The third-order valence-electron chi connectivity index (χ3n) is 4.53. The highest BCUT2D eigenvalue weighted by Crippen LogP contribution is 2.18. The summed E-state index contributed by atoms with van der Waals surface area (Å²) in [6.07, 6.45) is 1.64. The van der Waals surface area contributed by atoms with E-state index in [1.807, 2.05) is 30.3 Å². The highest BCUT2D eigenvalue weighted by atomic mass is 32.1. The van der Waals surface area contributed by atoms with E-state index in [4.69, 9.17) is 4.74 Å². The fourth-order valence-corrected chi connectivity index (χ4v) is 3.71. The molecule has 0 saturated carbocycles. The zero-order chi connectivity index (χ0) is 21.1. The molecule has 2 aromatic carbocycles. The second kappa shape index (κ2) is 8.30. The fourth-order valence-electron chi connectivity index (χ4n) is 2.98. The van der Waals surface area contributed by atoms with Gasteiger partial charge in [-0.05, 0) is 24.3 Å². The summed E-state index contributed by atoms with van der Waals surface area (Å²) < 4.78 is 6.78. The van der Waals surface area contributed by atoms with Gasteiger partial charge in [-0.15, -0.1) is 11.3 Å². The van der Waals surface area contributed by atoms with Gasteiger partial charge in [-0.2, -0.15) is 0 Å². The van der Waals surface area contributed by atoms with E-state index in [-0.39, 0.29) is 29.2 Å². The number of hydrogen-bond donors (Lipinski definition) is 0. The van der Waals surface area contributed by atoms with Crippen molar-refractivity contribution in [2.75, 3.05) is 11.9 Å². The minimum absolute atomic E-state index is 0.152. The minimum atomic E-state index is -0.659. The molecule has 2 heterocycles. The molecule has 1 amide bonds. The quantitative estimate of drug-likeness (QED) is 0.463. The Morgan fingerprint density at radius 1 is 1.07 bits per heavy atom. The molecule has 0 atom stereocenters. The average Bonchev–Trinajstić information content (AvgIpc) is 3.26. The lowest BCUT2D eigenvalue weighted by Crippen LogP contribution is -2.28. The number of aromatic nitrogens is 2. The van der Waals surface area contributed by atoms with Crippen molar-refractivity contribution in [3.05, 3.63) is 99.4 Å². The molecule has 30 heavy (non-hydrogen) atoms. The molecule has 150 valence electrons. The Kier molecular flexibility index (Phi) is 5.40. The predicted octanol–water partition coefficient (Wildman–Crippen LogP) is 3.39. The number of carbonyl (C=O) groups excluding carboxylic acids is 2. The zero-order valence-corrected chi connectivity index (χ0v) is 16.8. The first-order valence-corrected chi connectivity index (χ1v) is 9.97. The van der Waals surface area contributed by atoms with E-state index < -0.39 is 5.97 Å². The Labute approximate surface area is 175 Å². The lowest BCUT2D eigenvalue weighted by atomic mass is 10.1. The molecule has 0 spiro atoms. The summed E-state index contributed by atoms with van der Waals surface area (Å²) in [7, 11) is 1.65. The van der Waals surface area contributed by atoms with E-state index in [0.717, 1.165) is 0 Å². The summed E-state index contributed by atoms with van der Waals surface area (Å²) in [5.74, 6) is -0.987. The second-order valence-electron chi connectivity index (χ2n) is 6.46. The van der Waals surface area contributed by atoms with Crippen molar-refractivity contribution < 1.29 is 14.3 Å². The first-order chi connectivity index (χ1) is 14.5. The molecule has 0 saturated heterocycles. The van der Waals surface area contributed by atoms with Gasteiger partial charge in [-0.3, -0.25) is 14.0 Å². The topological polar surface area (TPSA) is 81.0 Å². The average molecular weight is 419 g/mol. The number of benzene rings is 2. The van der Waals surface area contributed by atoms with Gasteiger partial charge in [-0.1, -0.05) is 30.3 Å². The summed E-state index contributed by atoms with van der Waals surface area (Å²) in [6.45, 7) is -0.167. The van der Waals surface area contributed by atoms with E-state index in [1.165, 1.54) is 26.7 Å². The predicted molar refractivity (Wildman–Crippen MR) is 114 cm³/mol. The molecule has 4 rings (SSSR count). The number of ether oxygens (including phenoxy) is 1. The number of para-hydroxylation sites is 1. The van der Waals surface area contributed by atoms with E-state index in [1.54, 1.807) is 42.9 Å². The van der Waals surface area contributed by atoms with Crippen LogP contribution in [0.1, 0.15) is 26.4 Å². The van der Waals surface area contributed by atoms with E-state index in [0.29, 0.717) is 16.3 Å². The third kappa shape index (κ3) is 3.85. The smallest absolute Gasteiger partial charge is 0.339 e. The Morgan fingerprint density at radius 3 is 2.53 bits per heavy atom. The summed E-state index contributed by atoms with van der Waals surface area (Å²) in [5, 5.41) is 1.75. The van der Waals surface area contributed by atoms with Crippen LogP contribution in [0.4, 0.5) is 5.69 Å². The van der Waals surface area contributed by atoms with Crippen molar-refractivity contribution in [1.29, 1.82) is 0 Å². The molecule has 7 nitrogen and oxygen atoms in total. The minimum Gasteiger partial charge on any atom is -0.456 e. The number of thiazole rings is 1. The Hall–Kier alpha value is -3.78. The first kappa shape index (κ1) is 19.5. The SMILES string of the molecule is CN(C(=O)c1ccccc1C(=O)OCc1cc(=O)n2ccsc2n1)c1ccccc1. The monoisotopic (exact) mass is 419 g/mol. The fraction of sp³-hybridized carbons (Fsp3) is 0.0909. The number of amides is 1. The van der Waals surface area contributed by atoms with E-state index in [9.17, 15) is 14.4 Å². The lowest BCUT2D eigenvalue weighted by Gasteiger charge is -2.18. The van der Waals surface area contributed by atoms with Crippen LogP contribution in [0.15, 0.2) is 77.0 Å². The Balaban J connectivity index is 1.54. The van der Waals surface area contributed by atoms with Crippen LogP contribution in [0.3, 0.4) is 0 Å². The highest BCUT2D eigenvalue weighted by molar-refractivity contribution is 7.15. The first-order valence-electron chi connectivity index (χ1n) is 9.09. The van der Waals surface area contributed by atoms with Crippen molar-refractivity contribution in [3.8, 4) is 0 Å². The van der Waals surface area contributed by atoms with Gasteiger partial charge in [0.1, 0.15) is 6.61 Å². The molecular weight excluding hydrogens is 402 g/mol. The molecule has 0 aliphatic carbocycles. The maximum absolute atomic E-state index is 13.0. The largest absolute Gasteiger partial charge is 0.456 e. The molecule has 0 radical (unpaired) electrons. The van der Waals surface area contributed by atoms with Gasteiger partial charge < -0.3 is 9.64 Å². The van der Waals surface area contributed by atoms with Crippen LogP contribution in [-0.2, 0) is 11.3 Å². The second-order valence-corrected chi connectivity index (χ2v) is 7.34. The number of carbonyl (C=O) groups is 2. The normalized spacial score (nSPS) is 10.7. The van der Waals surface area contributed by atoms with Gasteiger partial charge in [0.2, 0.25) is 0 Å². The molecule has 4 aromatic rings. The lowest BCUT2D eigenvalue weighted by molar-refractivity contribution is 0.0465. The van der Waals surface area contributed by atoms with E-state index in [2.05, 4.69) is 4.98 Å². The van der Waals surface area contributed by atoms with Crippen molar-refractivity contribution in [1.82, 2.24) is 9.38 Å². The van der Waals surface area contributed by atoms with Crippen molar-refractivity contribution >= 4 is 33.9 Å². The Morgan fingerprint density at radius 2 is 1.77 bits per heavy atom. The molecule has 0 unspecified atom stereocenters. The van der Waals surface area contributed by atoms with Gasteiger partial charge >= 0.3 is 5.97 Å². The summed E-state index contributed by atoms with van der Waals surface area (Å²) in [4.78, 5) is 44.0. The van der Waals surface area contributed by atoms with Crippen molar-refractivity contribution in [2.24, 2.45) is 0 Å². The van der Waals surface area contributed by atoms with Crippen LogP contribution in [0.2, 0.25) is 0 Å². The Bertz CT molecular complexity index is 1280. The molecule has 8 heteroatoms. The molecule has 0 aliphatic rings. The van der Waals surface area contributed by atoms with Crippen LogP contribution in [-0.4, -0.2) is 28.3 Å². The van der Waals surface area contributed by atoms with Crippen LogP contribution in [0, 0.1) is 0 Å². The van der Waals surface area contributed by atoms with Gasteiger partial charge in [-0.25, -0.2) is 9.78 Å². The van der Waals surface area contributed by atoms with Crippen LogP contribution in [0.5, 0.6) is 0 Å². The van der Waals surface area contributed by atoms with Crippen molar-refractivity contribution in [3.63, 3.8) is 0 Å². The number of nitrogens with zero attached hydrogens (tertiary/aromatic N) is 3. The van der Waals surface area contributed by atoms with Gasteiger partial charge in [0.15, 0.2) is 4.96 Å². The van der Waals surface area contributed by atoms with Crippen molar-refractivity contribution in [2.45, 2.75) is 6.61 Å². The highest BCUT2D eigenvalue weighted by Gasteiger charge is 2.21. The van der Waals surface area contributed by atoms with Crippen LogP contribution in [0.25, 0.3) is 4.96 Å². The maximum Gasteiger partial charge on any atom is 0.339 e. The molecule has 0 N–H and O–H groups in total. The molecule has 0 bridgehead atoms. The summed E-state index contributed by atoms with van der Waals surface area (Å²) in [5.41, 5.74) is 1.20. The van der Waals surface area contributed by atoms with Gasteiger partial charge in [0.05, 0.1) is 16.8 Å². The standard InChI is InChI=1S/C22H17N3O4S/c1-24(16-7-3-2-4-8-16)20(27)17-9-5-6-10-18(17)21(28)29-14-15-13-19(26)25-11-12-30-22(25)23-15/h2-13H,14H2,1H3. The van der Waals surface area contributed by atoms with Gasteiger partial charge in [0, 0.05) is 30.4 Å². The summed E-state index contributed by atoms with van der Waals surface area (Å²) in [6, 6.07) is 17.0. The summed E-state index contributed by atoms with van der Waals surface area (Å²) >= 11 is 1.31. The number of anilines is 1. The molecule has 0 aliphatic heterocycles. The van der Waals surface area contributed by atoms with Gasteiger partial charge in [0.25, 0.3) is 11.5 Å². The van der Waals surface area contributed by atoms with Crippen LogP contribution < -0.4 is 10.5 Å². The zero-order valence-electron chi connectivity index (χ0n) is 16.0. The van der Waals surface area contributed by atoms with E-state index >= 15 is 0 Å². The number of hydrogen-bond acceptors (Lipinski definition) is 6. The van der Waals surface area contributed by atoms with Crippen LogP contribution >= 0.6 is 11.3 Å². The third-order valence-corrected chi connectivity index (χ3v) is 5.29. The number of esters is 1. The maximum atomic E-state index is 13.0.